The lowest BCUT2D eigenvalue weighted by Crippen LogP contribution is -2.29. The minimum absolute atomic E-state index is 0.0463. The number of nitrogens with one attached hydrogen (secondary N) is 2. The molecule has 0 aliphatic heterocycles. The summed E-state index contributed by atoms with van der Waals surface area (Å²) in [7, 11) is 0. The molecule has 0 unspecified atom stereocenters. The first-order valence-electron chi connectivity index (χ1n) is 7.16. The van der Waals surface area contributed by atoms with E-state index >= 15 is 0 Å². The van der Waals surface area contributed by atoms with E-state index in [9.17, 15) is 14.9 Å². The van der Waals surface area contributed by atoms with Gasteiger partial charge in [-0.3, -0.25) is 10.1 Å². The smallest absolute Gasteiger partial charge is 0.319 e. The number of hydrogen-bond donors (Lipinski definition) is 2. The zero-order valence-corrected chi connectivity index (χ0v) is 12.4. The predicted octanol–water partition coefficient (Wildman–Crippen LogP) is 2.49. The third-order valence-corrected chi connectivity index (χ3v) is 3.57. The fraction of sp³-hybridized carbons (Fsp3) is 0.357. The van der Waals surface area contributed by atoms with Gasteiger partial charge in [-0.25, -0.2) is 4.79 Å². The fourth-order valence-electron chi connectivity index (χ4n) is 2.12. The van der Waals surface area contributed by atoms with Crippen LogP contribution in [-0.4, -0.2) is 21.1 Å². The molecule has 1 heterocycles. The summed E-state index contributed by atoms with van der Waals surface area (Å²) in [5.41, 5.74) is 0.724. The predicted molar refractivity (Wildman–Crippen MR) is 80.0 cm³/mol. The van der Waals surface area contributed by atoms with E-state index in [-0.39, 0.29) is 12.2 Å². The standard InChI is InChI=1S/C14H15N5O4/c1-8-10(3-2-4-11(8)19(21)22)16-14(20)15-7-12-17-13(23-18-12)9-5-6-9/h2-4,9H,5-7H2,1H3,(H2,15,16,20). The molecule has 0 bridgehead atoms. The van der Waals surface area contributed by atoms with E-state index < -0.39 is 11.0 Å². The number of hydrogen-bond acceptors (Lipinski definition) is 6. The molecular formula is C14H15N5O4. The van der Waals surface area contributed by atoms with Gasteiger partial charge in [0.05, 0.1) is 22.7 Å². The van der Waals surface area contributed by atoms with Crippen molar-refractivity contribution in [1.29, 1.82) is 0 Å². The summed E-state index contributed by atoms with van der Waals surface area (Å²) in [4.78, 5) is 26.5. The van der Waals surface area contributed by atoms with Gasteiger partial charge in [-0.05, 0) is 25.8 Å². The molecule has 9 nitrogen and oxygen atoms in total. The SMILES string of the molecule is Cc1c(NC(=O)NCc2noc(C3CC3)n2)cccc1[N+](=O)[O-]. The van der Waals surface area contributed by atoms with Crippen molar-refractivity contribution in [3.8, 4) is 0 Å². The van der Waals surface area contributed by atoms with E-state index in [1.807, 2.05) is 0 Å². The van der Waals surface area contributed by atoms with Crippen LogP contribution in [0.1, 0.15) is 36.0 Å². The fourth-order valence-corrected chi connectivity index (χ4v) is 2.12. The third kappa shape index (κ3) is 3.44. The number of nitro groups is 1. The van der Waals surface area contributed by atoms with Gasteiger partial charge in [0.1, 0.15) is 0 Å². The summed E-state index contributed by atoms with van der Waals surface area (Å²) in [5, 5.41) is 19.8. The van der Waals surface area contributed by atoms with E-state index in [1.54, 1.807) is 13.0 Å². The molecule has 1 aliphatic carbocycles. The van der Waals surface area contributed by atoms with Crippen LogP contribution in [0.15, 0.2) is 22.7 Å². The van der Waals surface area contributed by atoms with Crippen molar-refractivity contribution in [3.63, 3.8) is 0 Å². The Bertz CT molecular complexity index is 753. The molecule has 1 saturated carbocycles. The van der Waals surface area contributed by atoms with Gasteiger partial charge < -0.3 is 15.2 Å². The summed E-state index contributed by atoms with van der Waals surface area (Å²) < 4.78 is 5.09. The van der Waals surface area contributed by atoms with Crippen molar-refractivity contribution in [1.82, 2.24) is 15.5 Å². The second-order valence-electron chi connectivity index (χ2n) is 5.34. The van der Waals surface area contributed by atoms with Gasteiger partial charge in [-0.2, -0.15) is 4.98 Å². The second-order valence-corrected chi connectivity index (χ2v) is 5.34. The van der Waals surface area contributed by atoms with Crippen molar-refractivity contribution in [3.05, 3.63) is 45.6 Å². The first-order valence-corrected chi connectivity index (χ1v) is 7.16. The Morgan fingerprint density at radius 3 is 2.96 bits per heavy atom. The number of aromatic nitrogens is 2. The van der Waals surface area contributed by atoms with Crippen LogP contribution in [0.4, 0.5) is 16.2 Å². The highest BCUT2D eigenvalue weighted by Crippen LogP contribution is 2.38. The van der Waals surface area contributed by atoms with E-state index in [1.165, 1.54) is 12.1 Å². The van der Waals surface area contributed by atoms with Crippen LogP contribution < -0.4 is 10.6 Å². The zero-order valence-electron chi connectivity index (χ0n) is 12.4. The highest BCUT2D eigenvalue weighted by Gasteiger charge is 2.29. The summed E-state index contributed by atoms with van der Waals surface area (Å²) >= 11 is 0. The molecule has 0 saturated heterocycles. The average Bonchev–Trinajstić information content (AvgIpc) is 3.26. The van der Waals surface area contributed by atoms with Crippen molar-refractivity contribution in [2.45, 2.75) is 32.2 Å². The van der Waals surface area contributed by atoms with E-state index in [0.29, 0.717) is 28.9 Å². The molecule has 23 heavy (non-hydrogen) atoms. The number of nitrogens with zero attached hydrogens (tertiary/aromatic N) is 3. The van der Waals surface area contributed by atoms with E-state index in [0.717, 1.165) is 12.8 Å². The number of carbonyl (C=O) groups excluding carboxylic acids is 1. The quantitative estimate of drug-likeness (QED) is 0.645. The number of carbonyl (C=O) groups is 1. The summed E-state index contributed by atoms with van der Waals surface area (Å²) in [6.45, 7) is 1.70. The Balaban J connectivity index is 1.58. The van der Waals surface area contributed by atoms with Crippen LogP contribution in [0.5, 0.6) is 0 Å². The summed E-state index contributed by atoms with van der Waals surface area (Å²) in [5.74, 6) is 1.37. The molecule has 120 valence electrons. The minimum atomic E-state index is -0.494. The average molecular weight is 317 g/mol. The van der Waals surface area contributed by atoms with Crippen molar-refractivity contribution in [2.24, 2.45) is 0 Å². The summed E-state index contributed by atoms with van der Waals surface area (Å²) in [6.07, 6.45) is 2.11. The van der Waals surface area contributed by atoms with Crippen LogP contribution in [0.2, 0.25) is 0 Å². The number of amides is 2. The molecule has 0 radical (unpaired) electrons. The maximum atomic E-state index is 11.9. The van der Waals surface area contributed by atoms with E-state index in [2.05, 4.69) is 20.8 Å². The van der Waals surface area contributed by atoms with Crippen molar-refractivity contribution in [2.75, 3.05) is 5.32 Å². The maximum Gasteiger partial charge on any atom is 0.319 e. The maximum absolute atomic E-state index is 11.9. The number of rotatable bonds is 5. The molecule has 1 aliphatic rings. The molecular weight excluding hydrogens is 302 g/mol. The lowest BCUT2D eigenvalue weighted by molar-refractivity contribution is -0.385. The lowest BCUT2D eigenvalue weighted by Gasteiger charge is -2.08. The van der Waals surface area contributed by atoms with Gasteiger partial charge >= 0.3 is 6.03 Å². The van der Waals surface area contributed by atoms with Crippen LogP contribution in [0.3, 0.4) is 0 Å². The number of anilines is 1. The highest BCUT2D eigenvalue weighted by atomic mass is 16.6. The van der Waals surface area contributed by atoms with Gasteiger partial charge in [0.15, 0.2) is 5.82 Å². The molecule has 3 rings (SSSR count). The van der Waals surface area contributed by atoms with Crippen LogP contribution in [0.25, 0.3) is 0 Å². The Morgan fingerprint density at radius 2 is 2.26 bits per heavy atom. The van der Waals surface area contributed by atoms with Crippen LogP contribution in [0, 0.1) is 17.0 Å². The van der Waals surface area contributed by atoms with Crippen LogP contribution in [-0.2, 0) is 6.54 Å². The van der Waals surface area contributed by atoms with E-state index in [4.69, 9.17) is 4.52 Å². The zero-order chi connectivity index (χ0) is 16.4. The summed E-state index contributed by atoms with van der Waals surface area (Å²) in [6, 6.07) is 4.01. The lowest BCUT2D eigenvalue weighted by atomic mass is 10.1. The molecule has 1 aromatic heterocycles. The van der Waals surface area contributed by atoms with Crippen LogP contribution >= 0.6 is 0 Å². The van der Waals surface area contributed by atoms with Gasteiger partial charge in [-0.15, -0.1) is 0 Å². The molecule has 1 fully saturated rings. The highest BCUT2D eigenvalue weighted by molar-refractivity contribution is 5.90. The van der Waals surface area contributed by atoms with Gasteiger partial charge in [0.2, 0.25) is 5.89 Å². The topological polar surface area (TPSA) is 123 Å². The first kappa shape index (κ1) is 14.9. The number of urea groups is 1. The first-order chi connectivity index (χ1) is 11.0. The second kappa shape index (κ2) is 6.03. The Hall–Kier alpha value is -2.97. The molecule has 2 aromatic rings. The molecule has 9 heteroatoms. The van der Waals surface area contributed by atoms with Crippen molar-refractivity contribution < 1.29 is 14.2 Å². The van der Waals surface area contributed by atoms with Gasteiger partial charge in [0, 0.05) is 12.0 Å². The molecule has 1 aromatic carbocycles. The Labute approximate surface area is 131 Å². The molecule has 2 amide bonds. The molecule has 0 atom stereocenters. The largest absolute Gasteiger partial charge is 0.339 e. The molecule has 2 N–H and O–H groups in total. The Morgan fingerprint density at radius 1 is 1.48 bits per heavy atom. The minimum Gasteiger partial charge on any atom is -0.339 e. The van der Waals surface area contributed by atoms with Crippen molar-refractivity contribution >= 4 is 17.4 Å². The number of benzene rings is 1. The van der Waals surface area contributed by atoms with Gasteiger partial charge in [-0.1, -0.05) is 11.2 Å². The number of nitro benzene ring substituents is 1. The third-order valence-electron chi connectivity index (χ3n) is 3.57. The van der Waals surface area contributed by atoms with Gasteiger partial charge in [0.25, 0.3) is 5.69 Å². The normalized spacial score (nSPS) is 13.6. The Kier molecular flexibility index (Phi) is 3.92. The monoisotopic (exact) mass is 317 g/mol. The molecule has 0 spiro atoms.